The Bertz CT molecular complexity index is 594. The van der Waals surface area contributed by atoms with Crippen molar-refractivity contribution in [2.24, 2.45) is 4.99 Å². The number of nitrogens with one attached hydrogen (secondary N) is 2. The van der Waals surface area contributed by atoms with Crippen molar-refractivity contribution in [3.05, 3.63) is 29.8 Å². The third-order valence-electron chi connectivity index (χ3n) is 5.37. The summed E-state index contributed by atoms with van der Waals surface area (Å²) in [4.78, 5) is 9.51. The lowest BCUT2D eigenvalue weighted by atomic mass is 10.1. The Kier molecular flexibility index (Phi) is 9.87. The van der Waals surface area contributed by atoms with Crippen LogP contribution in [0, 0.1) is 0 Å². The Hall–Kier alpha value is -1.02. The van der Waals surface area contributed by atoms with Crippen LogP contribution in [-0.2, 0) is 0 Å². The second-order valence-corrected chi connectivity index (χ2v) is 8.06. The summed E-state index contributed by atoms with van der Waals surface area (Å²) in [5.74, 6) is 0.876. The highest BCUT2D eigenvalue weighted by Gasteiger charge is 2.20. The highest BCUT2D eigenvalue weighted by Crippen LogP contribution is 2.24. The van der Waals surface area contributed by atoms with Gasteiger partial charge in [0.05, 0.1) is 12.6 Å². The second kappa shape index (κ2) is 11.1. The third kappa shape index (κ3) is 7.14. The highest BCUT2D eigenvalue weighted by atomic mass is 127. The first kappa shape index (κ1) is 24.0. The molecule has 0 saturated carbocycles. The van der Waals surface area contributed by atoms with Crippen LogP contribution in [-0.4, -0.2) is 56.7 Å². The lowest BCUT2D eigenvalue weighted by Gasteiger charge is -2.31. The van der Waals surface area contributed by atoms with E-state index in [9.17, 15) is 0 Å². The van der Waals surface area contributed by atoms with Crippen LogP contribution < -0.4 is 15.5 Å². The van der Waals surface area contributed by atoms with Crippen molar-refractivity contribution >= 4 is 35.6 Å². The molecule has 1 unspecified atom stereocenters. The molecule has 2 rings (SSSR count). The monoisotopic (exact) mass is 487 g/mol. The molecule has 0 aromatic heterocycles. The second-order valence-electron chi connectivity index (χ2n) is 8.06. The molecule has 0 aliphatic carbocycles. The van der Waals surface area contributed by atoms with Gasteiger partial charge in [-0.05, 0) is 72.3 Å². The molecule has 1 fully saturated rings. The van der Waals surface area contributed by atoms with Crippen LogP contribution in [0.1, 0.15) is 52.1 Å². The lowest BCUT2D eigenvalue weighted by Crippen LogP contribution is -2.44. The molecule has 6 heteroatoms. The van der Waals surface area contributed by atoms with Crippen LogP contribution >= 0.6 is 24.0 Å². The van der Waals surface area contributed by atoms with E-state index in [1.807, 2.05) is 0 Å². The van der Waals surface area contributed by atoms with Crippen LogP contribution in [0.25, 0.3) is 0 Å². The number of rotatable bonds is 7. The average Bonchev–Trinajstić information content (AvgIpc) is 3.14. The maximum Gasteiger partial charge on any atom is 0.191 e. The van der Waals surface area contributed by atoms with E-state index in [1.165, 1.54) is 37.2 Å². The third-order valence-corrected chi connectivity index (χ3v) is 5.37. The minimum absolute atomic E-state index is 0. The van der Waals surface area contributed by atoms with Crippen molar-refractivity contribution in [3.63, 3.8) is 0 Å². The molecule has 2 N–H and O–H groups in total. The van der Waals surface area contributed by atoms with Crippen molar-refractivity contribution in [3.8, 4) is 0 Å². The van der Waals surface area contributed by atoms with E-state index < -0.39 is 0 Å². The molecule has 1 heterocycles. The van der Waals surface area contributed by atoms with Crippen molar-refractivity contribution in [1.29, 1.82) is 0 Å². The molecule has 27 heavy (non-hydrogen) atoms. The van der Waals surface area contributed by atoms with Gasteiger partial charge in [0.1, 0.15) is 0 Å². The molecule has 154 valence electrons. The van der Waals surface area contributed by atoms with Crippen molar-refractivity contribution in [2.45, 2.75) is 52.1 Å². The fraction of sp³-hybridized carbons (Fsp3) is 0.667. The molecule has 1 saturated heterocycles. The first-order valence-electron chi connectivity index (χ1n) is 9.90. The van der Waals surface area contributed by atoms with Gasteiger partial charge >= 0.3 is 0 Å². The van der Waals surface area contributed by atoms with E-state index in [0.717, 1.165) is 19.0 Å². The molecule has 5 nitrogen and oxygen atoms in total. The zero-order valence-electron chi connectivity index (χ0n) is 17.9. The molecule has 0 spiro atoms. The van der Waals surface area contributed by atoms with Gasteiger partial charge in [-0.1, -0.05) is 12.1 Å². The molecule has 0 bridgehead atoms. The van der Waals surface area contributed by atoms with Crippen LogP contribution in [0.4, 0.5) is 5.69 Å². The van der Waals surface area contributed by atoms with Gasteiger partial charge in [0, 0.05) is 30.9 Å². The van der Waals surface area contributed by atoms with E-state index in [1.54, 1.807) is 0 Å². The number of halogens is 1. The summed E-state index contributed by atoms with van der Waals surface area (Å²) in [5.41, 5.74) is 2.66. The Morgan fingerprint density at radius 3 is 2.52 bits per heavy atom. The van der Waals surface area contributed by atoms with Gasteiger partial charge in [0.25, 0.3) is 0 Å². The largest absolute Gasteiger partial charge is 0.372 e. The summed E-state index contributed by atoms with van der Waals surface area (Å²) in [6, 6.07) is 9.11. The SMILES string of the molecule is CCNC(=NCC(C)(C)N(C)C)NC(C)c1cccc(N2CCCC2)c1.I. The molecular weight excluding hydrogens is 449 g/mol. The lowest BCUT2D eigenvalue weighted by molar-refractivity contribution is 0.204. The summed E-state index contributed by atoms with van der Waals surface area (Å²) < 4.78 is 0. The number of hydrogen-bond donors (Lipinski definition) is 2. The van der Waals surface area contributed by atoms with Gasteiger partial charge in [0.15, 0.2) is 5.96 Å². The van der Waals surface area contributed by atoms with Gasteiger partial charge < -0.3 is 20.4 Å². The molecular formula is C21H38IN5. The number of likely N-dealkylation sites (N-methyl/N-ethyl adjacent to an activating group) is 1. The molecule has 1 aliphatic rings. The maximum absolute atomic E-state index is 4.81. The Morgan fingerprint density at radius 2 is 1.93 bits per heavy atom. The smallest absolute Gasteiger partial charge is 0.191 e. The molecule has 0 amide bonds. The number of anilines is 1. The van der Waals surface area contributed by atoms with Crippen molar-refractivity contribution in [1.82, 2.24) is 15.5 Å². The number of aliphatic imine (C=N–C) groups is 1. The van der Waals surface area contributed by atoms with Gasteiger partial charge in [0.2, 0.25) is 0 Å². The topological polar surface area (TPSA) is 42.9 Å². The van der Waals surface area contributed by atoms with E-state index in [0.29, 0.717) is 0 Å². The van der Waals surface area contributed by atoms with Gasteiger partial charge in [-0.3, -0.25) is 4.99 Å². The fourth-order valence-corrected chi connectivity index (χ4v) is 2.99. The van der Waals surface area contributed by atoms with Crippen LogP contribution in [0.2, 0.25) is 0 Å². The fourth-order valence-electron chi connectivity index (χ4n) is 2.99. The first-order valence-corrected chi connectivity index (χ1v) is 9.90. The summed E-state index contributed by atoms with van der Waals surface area (Å²) in [7, 11) is 4.20. The Balaban J connectivity index is 0.00000364. The van der Waals surface area contributed by atoms with Crippen LogP contribution in [0.5, 0.6) is 0 Å². The van der Waals surface area contributed by atoms with E-state index >= 15 is 0 Å². The standard InChI is InChI=1S/C21H37N5.HI/c1-7-22-20(23-16-21(3,4)25(5)6)24-17(2)18-11-10-12-19(15-18)26-13-8-9-14-26;/h10-12,15,17H,7-9,13-14,16H2,1-6H3,(H2,22,23,24);1H. The number of nitrogens with zero attached hydrogens (tertiary/aromatic N) is 3. The normalized spacial score (nSPS) is 16.3. The predicted molar refractivity (Wildman–Crippen MR) is 129 cm³/mol. The summed E-state index contributed by atoms with van der Waals surface area (Å²) in [6.45, 7) is 12.7. The average molecular weight is 487 g/mol. The maximum atomic E-state index is 4.81. The van der Waals surface area contributed by atoms with E-state index in [2.05, 4.69) is 86.5 Å². The molecule has 0 radical (unpaired) electrons. The van der Waals surface area contributed by atoms with E-state index in [4.69, 9.17) is 4.99 Å². The van der Waals surface area contributed by atoms with Crippen LogP contribution in [0.15, 0.2) is 29.3 Å². The highest BCUT2D eigenvalue weighted by molar-refractivity contribution is 14.0. The van der Waals surface area contributed by atoms with Gasteiger partial charge in [-0.25, -0.2) is 0 Å². The van der Waals surface area contributed by atoms with Crippen molar-refractivity contribution in [2.75, 3.05) is 45.2 Å². The molecule has 1 aromatic rings. The Morgan fingerprint density at radius 1 is 1.26 bits per heavy atom. The summed E-state index contributed by atoms with van der Waals surface area (Å²) >= 11 is 0. The number of hydrogen-bond acceptors (Lipinski definition) is 3. The van der Waals surface area contributed by atoms with Crippen LogP contribution in [0.3, 0.4) is 0 Å². The minimum atomic E-state index is 0. The zero-order chi connectivity index (χ0) is 19.2. The molecule has 1 aliphatic heterocycles. The number of guanidine groups is 1. The van der Waals surface area contributed by atoms with E-state index in [-0.39, 0.29) is 35.6 Å². The van der Waals surface area contributed by atoms with Gasteiger partial charge in [-0.15, -0.1) is 24.0 Å². The summed E-state index contributed by atoms with van der Waals surface area (Å²) in [6.07, 6.45) is 2.60. The van der Waals surface area contributed by atoms with Gasteiger partial charge in [-0.2, -0.15) is 0 Å². The summed E-state index contributed by atoms with van der Waals surface area (Å²) in [5, 5.41) is 6.94. The minimum Gasteiger partial charge on any atom is -0.372 e. The number of benzene rings is 1. The molecule has 1 aromatic carbocycles. The predicted octanol–water partition coefficient (Wildman–Crippen LogP) is 3.86. The first-order chi connectivity index (χ1) is 12.3. The molecule has 1 atom stereocenters. The quantitative estimate of drug-likeness (QED) is 0.348. The zero-order valence-corrected chi connectivity index (χ0v) is 20.2. The van der Waals surface area contributed by atoms with Crippen molar-refractivity contribution < 1.29 is 0 Å². The Labute approximate surface area is 183 Å².